The van der Waals surface area contributed by atoms with Crippen molar-refractivity contribution in [2.24, 2.45) is 0 Å². The average Bonchev–Trinajstić information content (AvgIpc) is 2.18. The maximum Gasteiger partial charge on any atom is 0.253 e. The molecule has 0 aliphatic carbocycles. The zero-order chi connectivity index (χ0) is 11.4. The first kappa shape index (κ1) is 11.8. The van der Waals surface area contributed by atoms with Gasteiger partial charge in [0.15, 0.2) is 0 Å². The van der Waals surface area contributed by atoms with Gasteiger partial charge in [0.05, 0.1) is 22.4 Å². The van der Waals surface area contributed by atoms with E-state index < -0.39 is 6.10 Å². The largest absolute Gasteiger partial charge is 0.397 e. The van der Waals surface area contributed by atoms with Crippen LogP contribution >= 0.6 is 11.6 Å². The van der Waals surface area contributed by atoms with Crippen molar-refractivity contribution in [1.29, 1.82) is 0 Å². The smallest absolute Gasteiger partial charge is 0.253 e. The molecule has 15 heavy (non-hydrogen) atoms. The number of hydrogen-bond donors (Lipinski definition) is 3. The highest BCUT2D eigenvalue weighted by Gasteiger charge is 2.11. The molecule has 82 valence electrons. The highest BCUT2D eigenvalue weighted by Crippen LogP contribution is 2.21. The molecule has 0 spiro atoms. The maximum absolute atomic E-state index is 11.6. The minimum atomic E-state index is -0.589. The summed E-state index contributed by atoms with van der Waals surface area (Å²) in [7, 11) is 0. The number of nitrogens with two attached hydrogens (primary N) is 1. The monoisotopic (exact) mass is 228 g/mol. The molecule has 0 saturated heterocycles. The molecule has 0 bridgehead atoms. The molecule has 0 saturated carbocycles. The number of aliphatic hydroxyl groups excluding tert-OH is 1. The number of anilines is 1. The SMILES string of the molecule is C[C@@H](O)CNC(=O)c1cccc(Cl)c1N. The minimum absolute atomic E-state index is 0.185. The minimum Gasteiger partial charge on any atom is -0.397 e. The first-order valence-electron chi connectivity index (χ1n) is 4.52. The number of carbonyl (C=O) groups is 1. The predicted molar refractivity (Wildman–Crippen MR) is 59.9 cm³/mol. The van der Waals surface area contributed by atoms with Gasteiger partial charge in [-0.3, -0.25) is 4.79 Å². The summed E-state index contributed by atoms with van der Waals surface area (Å²) in [6.45, 7) is 1.77. The van der Waals surface area contributed by atoms with Gasteiger partial charge >= 0.3 is 0 Å². The van der Waals surface area contributed by atoms with Gasteiger partial charge in [-0.05, 0) is 19.1 Å². The molecule has 1 rings (SSSR count). The third kappa shape index (κ3) is 3.11. The van der Waals surface area contributed by atoms with Crippen LogP contribution < -0.4 is 11.1 Å². The van der Waals surface area contributed by atoms with Crippen LogP contribution in [-0.2, 0) is 0 Å². The Hall–Kier alpha value is -1.26. The lowest BCUT2D eigenvalue weighted by molar-refractivity contribution is 0.0925. The molecule has 0 fully saturated rings. The second-order valence-corrected chi connectivity index (χ2v) is 3.67. The van der Waals surface area contributed by atoms with E-state index in [0.29, 0.717) is 10.6 Å². The van der Waals surface area contributed by atoms with Gasteiger partial charge in [-0.25, -0.2) is 0 Å². The summed E-state index contributed by atoms with van der Waals surface area (Å²) < 4.78 is 0. The van der Waals surface area contributed by atoms with Crippen molar-refractivity contribution >= 4 is 23.2 Å². The molecule has 0 aromatic heterocycles. The summed E-state index contributed by atoms with van der Waals surface area (Å²) in [6, 6.07) is 4.84. The molecular weight excluding hydrogens is 216 g/mol. The van der Waals surface area contributed by atoms with Gasteiger partial charge in [-0.2, -0.15) is 0 Å². The van der Waals surface area contributed by atoms with Crippen LogP contribution in [0.1, 0.15) is 17.3 Å². The zero-order valence-corrected chi connectivity index (χ0v) is 9.08. The van der Waals surface area contributed by atoms with E-state index in [4.69, 9.17) is 22.4 Å². The molecule has 1 atom stereocenters. The normalized spacial score (nSPS) is 12.2. The van der Waals surface area contributed by atoms with Crippen LogP contribution in [0.25, 0.3) is 0 Å². The van der Waals surface area contributed by atoms with Crippen molar-refractivity contribution in [3.05, 3.63) is 28.8 Å². The number of carbonyl (C=O) groups excluding carboxylic acids is 1. The van der Waals surface area contributed by atoms with Crippen LogP contribution in [0, 0.1) is 0 Å². The lowest BCUT2D eigenvalue weighted by atomic mass is 10.1. The lowest BCUT2D eigenvalue weighted by Gasteiger charge is -2.09. The average molecular weight is 229 g/mol. The standard InChI is InChI=1S/C10H13ClN2O2/c1-6(14)5-13-10(15)7-3-2-4-8(11)9(7)12/h2-4,6,14H,5,12H2,1H3,(H,13,15)/t6-/m1/s1. The van der Waals surface area contributed by atoms with Gasteiger partial charge in [-0.15, -0.1) is 0 Å². The van der Waals surface area contributed by atoms with Gasteiger partial charge in [0, 0.05) is 6.54 Å². The van der Waals surface area contributed by atoms with Crippen molar-refractivity contribution in [2.45, 2.75) is 13.0 Å². The third-order valence-corrected chi connectivity index (χ3v) is 2.19. The fourth-order valence-electron chi connectivity index (χ4n) is 1.07. The fraction of sp³-hybridized carbons (Fsp3) is 0.300. The van der Waals surface area contributed by atoms with Crippen molar-refractivity contribution in [3.8, 4) is 0 Å². The van der Waals surface area contributed by atoms with Crippen molar-refractivity contribution in [1.82, 2.24) is 5.32 Å². The van der Waals surface area contributed by atoms with Crippen LogP contribution in [-0.4, -0.2) is 23.7 Å². The Balaban J connectivity index is 2.78. The van der Waals surface area contributed by atoms with Gasteiger partial charge in [0.25, 0.3) is 5.91 Å². The third-order valence-electron chi connectivity index (χ3n) is 1.86. The summed E-state index contributed by atoms with van der Waals surface area (Å²) >= 11 is 5.77. The van der Waals surface area contributed by atoms with Crippen LogP contribution in [0.4, 0.5) is 5.69 Å². The Morgan fingerprint density at radius 2 is 2.33 bits per heavy atom. The fourth-order valence-corrected chi connectivity index (χ4v) is 1.25. The Kier molecular flexibility index (Phi) is 3.94. The van der Waals surface area contributed by atoms with Crippen LogP contribution in [0.5, 0.6) is 0 Å². The molecule has 1 aromatic carbocycles. The summed E-state index contributed by atoms with van der Waals surface area (Å²) in [5.74, 6) is -0.337. The van der Waals surface area contributed by atoms with Gasteiger partial charge in [0.2, 0.25) is 0 Å². The molecule has 1 amide bonds. The Bertz CT molecular complexity index is 366. The Labute approximate surface area is 93.0 Å². The Morgan fingerprint density at radius 3 is 2.93 bits per heavy atom. The molecule has 0 aliphatic heterocycles. The van der Waals surface area contributed by atoms with Gasteiger partial charge in [-0.1, -0.05) is 17.7 Å². The molecular formula is C10H13ClN2O2. The molecule has 0 radical (unpaired) electrons. The molecule has 5 heteroatoms. The van der Waals surface area contributed by atoms with E-state index in [1.165, 1.54) is 0 Å². The number of hydrogen-bond acceptors (Lipinski definition) is 3. The molecule has 0 aliphatic rings. The van der Waals surface area contributed by atoms with E-state index in [9.17, 15) is 4.79 Å². The van der Waals surface area contributed by atoms with E-state index in [2.05, 4.69) is 5.32 Å². The van der Waals surface area contributed by atoms with Gasteiger partial charge in [0.1, 0.15) is 0 Å². The number of para-hydroxylation sites is 1. The summed E-state index contributed by atoms with van der Waals surface area (Å²) in [6.07, 6.45) is -0.589. The Morgan fingerprint density at radius 1 is 1.67 bits per heavy atom. The first-order chi connectivity index (χ1) is 7.02. The predicted octanol–water partition coefficient (Wildman–Crippen LogP) is 1.03. The quantitative estimate of drug-likeness (QED) is 0.677. The number of nitrogens with one attached hydrogen (secondary N) is 1. The summed E-state index contributed by atoms with van der Waals surface area (Å²) in [4.78, 5) is 11.6. The summed E-state index contributed by atoms with van der Waals surface area (Å²) in [5.41, 5.74) is 6.21. The van der Waals surface area contributed by atoms with E-state index in [-0.39, 0.29) is 18.1 Å². The number of nitrogen functional groups attached to an aromatic ring is 1. The number of benzene rings is 1. The lowest BCUT2D eigenvalue weighted by Crippen LogP contribution is -2.31. The zero-order valence-electron chi connectivity index (χ0n) is 8.33. The van der Waals surface area contributed by atoms with Crippen LogP contribution in [0.3, 0.4) is 0 Å². The van der Waals surface area contributed by atoms with Crippen molar-refractivity contribution in [2.75, 3.05) is 12.3 Å². The molecule has 1 aromatic rings. The van der Waals surface area contributed by atoms with Crippen molar-refractivity contribution < 1.29 is 9.90 Å². The van der Waals surface area contributed by atoms with Crippen LogP contribution in [0.2, 0.25) is 5.02 Å². The second kappa shape index (κ2) is 5.00. The maximum atomic E-state index is 11.6. The van der Waals surface area contributed by atoms with E-state index in [1.54, 1.807) is 25.1 Å². The molecule has 4 N–H and O–H groups in total. The molecule has 0 heterocycles. The van der Waals surface area contributed by atoms with Crippen LogP contribution in [0.15, 0.2) is 18.2 Å². The number of rotatable bonds is 3. The van der Waals surface area contributed by atoms with Gasteiger partial charge < -0.3 is 16.2 Å². The second-order valence-electron chi connectivity index (χ2n) is 3.26. The first-order valence-corrected chi connectivity index (χ1v) is 4.90. The number of aliphatic hydroxyl groups is 1. The van der Waals surface area contributed by atoms with E-state index in [0.717, 1.165) is 0 Å². The van der Waals surface area contributed by atoms with E-state index in [1.807, 2.05) is 0 Å². The highest BCUT2D eigenvalue weighted by molar-refractivity contribution is 6.33. The van der Waals surface area contributed by atoms with Crippen molar-refractivity contribution in [3.63, 3.8) is 0 Å². The van der Waals surface area contributed by atoms with E-state index >= 15 is 0 Å². The topological polar surface area (TPSA) is 75.3 Å². The molecule has 0 unspecified atom stereocenters. The number of halogens is 1. The molecule has 4 nitrogen and oxygen atoms in total. The highest BCUT2D eigenvalue weighted by atomic mass is 35.5. The summed E-state index contributed by atoms with van der Waals surface area (Å²) in [5, 5.41) is 11.9. The number of amides is 1.